The van der Waals surface area contributed by atoms with Crippen molar-refractivity contribution in [2.45, 2.75) is 25.1 Å². The molecule has 2 heterocycles. The summed E-state index contributed by atoms with van der Waals surface area (Å²) in [6, 6.07) is 4.57. The van der Waals surface area contributed by atoms with Gasteiger partial charge in [0.2, 0.25) is 5.75 Å². The Morgan fingerprint density at radius 1 is 1.27 bits per heavy atom. The number of carbonyl (C=O) groups is 3. The Bertz CT molecular complexity index is 1130. The lowest BCUT2D eigenvalue weighted by Crippen LogP contribution is -2.43. The van der Waals surface area contributed by atoms with Gasteiger partial charge in [-0.3, -0.25) is 23.7 Å². The highest BCUT2D eigenvalue weighted by atomic mass is 19.1. The van der Waals surface area contributed by atoms with Crippen LogP contribution in [0.5, 0.6) is 5.75 Å². The first-order chi connectivity index (χ1) is 15.7. The first kappa shape index (κ1) is 23.9. The zero-order valence-corrected chi connectivity index (χ0v) is 18.3. The van der Waals surface area contributed by atoms with Crippen molar-refractivity contribution in [3.63, 3.8) is 0 Å². The van der Waals surface area contributed by atoms with Crippen LogP contribution in [0.4, 0.5) is 4.39 Å². The van der Waals surface area contributed by atoms with E-state index in [1.807, 2.05) is 0 Å². The highest BCUT2D eigenvalue weighted by molar-refractivity contribution is 6.35. The molecule has 0 bridgehead atoms. The van der Waals surface area contributed by atoms with Crippen molar-refractivity contribution in [2.75, 3.05) is 20.7 Å². The summed E-state index contributed by atoms with van der Waals surface area (Å²) in [5, 5.41) is 15.1. The van der Waals surface area contributed by atoms with E-state index < -0.39 is 52.7 Å². The average Bonchev–Trinajstić information content (AvgIpc) is 3.25. The molecule has 0 spiro atoms. The molecule has 3 amide bonds. The van der Waals surface area contributed by atoms with Crippen LogP contribution in [-0.2, 0) is 27.9 Å². The number of hydrogen-bond donors (Lipinski definition) is 3. The molecule has 3 N–H and O–H groups in total. The highest BCUT2D eigenvalue weighted by Gasteiger charge is 2.41. The van der Waals surface area contributed by atoms with E-state index in [0.29, 0.717) is 5.56 Å². The summed E-state index contributed by atoms with van der Waals surface area (Å²) in [6.45, 7) is 0.0809. The van der Waals surface area contributed by atoms with Gasteiger partial charge >= 0.3 is 11.8 Å². The van der Waals surface area contributed by atoms with E-state index in [-0.39, 0.29) is 25.3 Å². The van der Waals surface area contributed by atoms with Crippen molar-refractivity contribution < 1.29 is 28.6 Å². The monoisotopic (exact) mass is 461 g/mol. The molecule has 1 fully saturated rings. The molecular weight excluding hydrogens is 437 g/mol. The maximum Gasteiger partial charge on any atom is 0.312 e. The lowest BCUT2D eigenvalue weighted by Gasteiger charge is -2.25. The van der Waals surface area contributed by atoms with Crippen LogP contribution in [-0.4, -0.2) is 64.1 Å². The number of nitrogens with zero attached hydrogens (tertiary/aromatic N) is 3. The SMILES string of the molecule is CNC(=O)C(=O)N1C[C@H](OC)CC1c1nc(C(=O)NCc2ccc(F)cc2)c(O)c(=O)n1C. The Labute approximate surface area is 188 Å². The summed E-state index contributed by atoms with van der Waals surface area (Å²) in [6.07, 6.45) is -0.203. The van der Waals surface area contributed by atoms with Crippen LogP contribution in [0.1, 0.15) is 34.3 Å². The van der Waals surface area contributed by atoms with E-state index in [9.17, 15) is 28.7 Å². The third-order valence-electron chi connectivity index (χ3n) is 5.46. The summed E-state index contributed by atoms with van der Waals surface area (Å²) in [7, 11) is 4.11. The lowest BCUT2D eigenvalue weighted by atomic mass is 10.1. The van der Waals surface area contributed by atoms with Gasteiger partial charge in [-0.25, -0.2) is 9.37 Å². The molecule has 1 aromatic heterocycles. The lowest BCUT2D eigenvalue weighted by molar-refractivity contribution is -0.146. The largest absolute Gasteiger partial charge is 0.501 e. The van der Waals surface area contributed by atoms with Crippen LogP contribution >= 0.6 is 0 Å². The molecule has 1 aliphatic heterocycles. The molecule has 1 aromatic carbocycles. The Morgan fingerprint density at radius 3 is 2.55 bits per heavy atom. The van der Waals surface area contributed by atoms with Crippen molar-refractivity contribution in [1.29, 1.82) is 0 Å². The van der Waals surface area contributed by atoms with Gasteiger partial charge in [0.05, 0.1) is 12.1 Å². The first-order valence-corrected chi connectivity index (χ1v) is 10.1. The number of rotatable bonds is 5. The van der Waals surface area contributed by atoms with Crippen molar-refractivity contribution in [3.8, 4) is 5.75 Å². The van der Waals surface area contributed by atoms with Crippen LogP contribution in [0.15, 0.2) is 29.1 Å². The summed E-state index contributed by atoms with van der Waals surface area (Å²) < 4.78 is 19.4. The van der Waals surface area contributed by atoms with Gasteiger partial charge < -0.3 is 25.4 Å². The average molecular weight is 461 g/mol. The van der Waals surface area contributed by atoms with Crippen LogP contribution in [0, 0.1) is 5.82 Å². The second kappa shape index (κ2) is 9.77. The minimum Gasteiger partial charge on any atom is -0.501 e. The minimum absolute atomic E-state index is 0.00123. The Balaban J connectivity index is 1.94. The number of nitrogens with one attached hydrogen (secondary N) is 2. The van der Waals surface area contributed by atoms with Crippen LogP contribution in [0.25, 0.3) is 0 Å². The van der Waals surface area contributed by atoms with Crippen LogP contribution in [0.2, 0.25) is 0 Å². The summed E-state index contributed by atoms with van der Waals surface area (Å²) in [5.41, 5.74) is -0.821. The van der Waals surface area contributed by atoms with Crippen molar-refractivity contribution >= 4 is 17.7 Å². The quantitative estimate of drug-likeness (QED) is 0.514. The minimum atomic E-state index is -0.889. The summed E-state index contributed by atoms with van der Waals surface area (Å²) >= 11 is 0. The zero-order valence-electron chi connectivity index (χ0n) is 18.3. The first-order valence-electron chi connectivity index (χ1n) is 10.1. The fourth-order valence-corrected chi connectivity index (χ4v) is 3.61. The molecule has 2 atom stereocenters. The van der Waals surface area contributed by atoms with Gasteiger partial charge in [0.15, 0.2) is 5.69 Å². The second-order valence-electron chi connectivity index (χ2n) is 7.49. The number of amides is 3. The van der Waals surface area contributed by atoms with Gasteiger partial charge in [0.1, 0.15) is 11.6 Å². The fraction of sp³-hybridized carbons (Fsp3) is 0.381. The Hall–Kier alpha value is -3.80. The molecule has 3 rings (SSSR count). The fourth-order valence-electron chi connectivity index (χ4n) is 3.61. The van der Waals surface area contributed by atoms with Crippen molar-refractivity contribution in [3.05, 3.63) is 57.5 Å². The Morgan fingerprint density at radius 2 is 1.94 bits per heavy atom. The molecule has 0 radical (unpaired) electrons. The second-order valence-corrected chi connectivity index (χ2v) is 7.49. The van der Waals surface area contributed by atoms with Crippen LogP contribution in [0.3, 0.4) is 0 Å². The number of hydrogen-bond acceptors (Lipinski definition) is 7. The number of aromatic nitrogens is 2. The number of methoxy groups -OCH3 is 1. The molecule has 176 valence electrons. The van der Waals surface area contributed by atoms with Crippen LogP contribution < -0.4 is 16.2 Å². The van der Waals surface area contributed by atoms with E-state index in [2.05, 4.69) is 15.6 Å². The third kappa shape index (κ3) is 4.85. The predicted octanol–water partition coefficient (Wildman–Crippen LogP) is -0.411. The van der Waals surface area contributed by atoms with E-state index in [1.165, 1.54) is 50.4 Å². The molecule has 11 nitrogen and oxygen atoms in total. The molecule has 2 aromatic rings. The molecule has 1 saturated heterocycles. The normalized spacial score (nSPS) is 17.6. The molecule has 1 aliphatic rings. The summed E-state index contributed by atoms with van der Waals surface area (Å²) in [4.78, 5) is 55.2. The maximum absolute atomic E-state index is 13.1. The van der Waals surface area contributed by atoms with E-state index in [0.717, 1.165) is 4.57 Å². The van der Waals surface area contributed by atoms with Gasteiger partial charge in [0.25, 0.3) is 11.5 Å². The van der Waals surface area contributed by atoms with Gasteiger partial charge in [-0.1, -0.05) is 12.1 Å². The van der Waals surface area contributed by atoms with Gasteiger partial charge in [-0.2, -0.15) is 0 Å². The molecule has 1 unspecified atom stereocenters. The van der Waals surface area contributed by atoms with Gasteiger partial charge in [-0.15, -0.1) is 0 Å². The maximum atomic E-state index is 13.1. The molecule has 12 heteroatoms. The number of benzene rings is 1. The standard InChI is InChI=1S/C21H24FN5O6/c1-23-19(30)21(32)27-10-13(33-3)8-14(27)17-25-15(16(28)20(31)26(17)2)18(29)24-9-11-4-6-12(22)7-5-11/h4-7,13-14,28H,8-10H2,1-3H3,(H,23,30)(H,24,29)/t13-,14?/m1/s1. The molecular formula is C21H24FN5O6. The number of halogens is 1. The number of aromatic hydroxyl groups is 1. The van der Waals surface area contributed by atoms with Crippen molar-refractivity contribution in [1.82, 2.24) is 25.1 Å². The number of likely N-dealkylation sites (tertiary alicyclic amines) is 1. The third-order valence-corrected chi connectivity index (χ3v) is 5.46. The van der Waals surface area contributed by atoms with Crippen molar-refractivity contribution in [2.24, 2.45) is 7.05 Å². The number of carbonyl (C=O) groups excluding carboxylic acids is 3. The topological polar surface area (TPSA) is 143 Å². The Kier molecular flexibility index (Phi) is 7.07. The highest BCUT2D eigenvalue weighted by Crippen LogP contribution is 2.32. The smallest absolute Gasteiger partial charge is 0.312 e. The molecule has 0 saturated carbocycles. The van der Waals surface area contributed by atoms with E-state index in [4.69, 9.17) is 4.74 Å². The van der Waals surface area contributed by atoms with Gasteiger partial charge in [0, 0.05) is 40.7 Å². The zero-order chi connectivity index (χ0) is 24.3. The molecule has 0 aliphatic carbocycles. The number of likely N-dealkylation sites (N-methyl/N-ethyl adjacent to an activating group) is 1. The number of ether oxygens (including phenoxy) is 1. The predicted molar refractivity (Wildman–Crippen MR) is 113 cm³/mol. The van der Waals surface area contributed by atoms with E-state index in [1.54, 1.807) is 0 Å². The van der Waals surface area contributed by atoms with Gasteiger partial charge in [-0.05, 0) is 17.7 Å². The molecule has 33 heavy (non-hydrogen) atoms. The summed E-state index contributed by atoms with van der Waals surface area (Å²) in [5.74, 6) is -3.79. The van der Waals surface area contributed by atoms with E-state index >= 15 is 0 Å².